The van der Waals surface area contributed by atoms with E-state index in [1.165, 1.54) is 0 Å². The Bertz CT molecular complexity index is 393. The number of nitrogens with zero attached hydrogens (tertiary/aromatic N) is 2. The van der Waals surface area contributed by atoms with Crippen LogP contribution in [0.4, 0.5) is 0 Å². The second-order valence-corrected chi connectivity index (χ2v) is 5.28. The molecule has 0 aliphatic heterocycles. The molecule has 0 atom stereocenters. The number of ether oxygens (including phenoxy) is 1. The molecule has 1 N–H and O–H groups in total. The summed E-state index contributed by atoms with van der Waals surface area (Å²) in [6, 6.07) is 0. The highest BCUT2D eigenvalue weighted by atomic mass is 32.2. The Hall–Kier alpha value is -1.01. The Morgan fingerprint density at radius 3 is 2.89 bits per heavy atom. The molecular formula is C13H22N2O3S. The molecule has 0 fully saturated rings. The van der Waals surface area contributed by atoms with Gasteiger partial charge in [0.15, 0.2) is 5.16 Å². The highest BCUT2D eigenvalue weighted by Gasteiger charge is 2.06. The molecule has 0 aliphatic rings. The first kappa shape index (κ1) is 16.0. The van der Waals surface area contributed by atoms with Crippen molar-refractivity contribution in [2.75, 3.05) is 12.4 Å². The molecule has 6 heteroatoms. The van der Waals surface area contributed by atoms with Crippen LogP contribution in [0.2, 0.25) is 0 Å². The molecule has 19 heavy (non-hydrogen) atoms. The summed E-state index contributed by atoms with van der Waals surface area (Å²) < 4.78 is 6.77. The third-order valence-electron chi connectivity index (χ3n) is 2.77. The summed E-state index contributed by atoms with van der Waals surface area (Å²) in [5.74, 6) is 0.866. The molecule has 1 aromatic rings. The lowest BCUT2D eigenvalue weighted by atomic mass is 10.2. The number of imidazole rings is 1. The first-order valence-corrected chi connectivity index (χ1v) is 7.57. The highest BCUT2D eigenvalue weighted by molar-refractivity contribution is 7.99. The Kier molecular flexibility index (Phi) is 7.59. The number of carbonyl (C=O) groups is 1. The van der Waals surface area contributed by atoms with Gasteiger partial charge in [-0.25, -0.2) is 4.98 Å². The van der Waals surface area contributed by atoms with Gasteiger partial charge in [-0.1, -0.05) is 18.2 Å². The molecule has 0 saturated carbocycles. The molecule has 108 valence electrons. The zero-order chi connectivity index (χ0) is 14.1. The van der Waals surface area contributed by atoms with Crippen molar-refractivity contribution in [3.8, 4) is 0 Å². The van der Waals surface area contributed by atoms with E-state index >= 15 is 0 Å². The number of hydrogen-bond donors (Lipinski definition) is 1. The summed E-state index contributed by atoms with van der Waals surface area (Å²) in [6.45, 7) is 2.30. The molecule has 0 unspecified atom stereocenters. The monoisotopic (exact) mass is 286 g/mol. The fourth-order valence-electron chi connectivity index (χ4n) is 1.65. The molecular weight excluding hydrogens is 264 g/mol. The van der Waals surface area contributed by atoms with Crippen LogP contribution < -0.4 is 0 Å². The van der Waals surface area contributed by atoms with Crippen LogP contribution in [0.1, 0.15) is 38.3 Å². The third-order valence-corrected chi connectivity index (χ3v) is 3.90. The fraction of sp³-hybridized carbons (Fsp3) is 0.692. The molecule has 0 radical (unpaired) electrons. The predicted molar refractivity (Wildman–Crippen MR) is 75.0 cm³/mol. The highest BCUT2D eigenvalue weighted by Crippen LogP contribution is 2.19. The van der Waals surface area contributed by atoms with E-state index in [9.17, 15) is 4.79 Å². The standard InChI is InChI=1S/C13H22N2O3S/c1-3-18-12(17)7-5-4-6-8-19-13-14-9-11(10-16)15(13)2/h9,16H,3-8,10H2,1-2H3. The number of hydrogen-bond acceptors (Lipinski definition) is 5. The number of carbonyl (C=O) groups excluding carboxylic acids is 1. The van der Waals surface area contributed by atoms with Gasteiger partial charge in [-0.2, -0.15) is 0 Å². The maximum Gasteiger partial charge on any atom is 0.305 e. The SMILES string of the molecule is CCOC(=O)CCCCCSc1ncc(CO)n1C. The number of unbranched alkanes of at least 4 members (excludes halogenated alkanes) is 2. The average Bonchev–Trinajstić information content (AvgIpc) is 2.75. The van der Waals surface area contributed by atoms with Gasteiger partial charge in [-0.15, -0.1) is 0 Å². The van der Waals surface area contributed by atoms with Crippen molar-refractivity contribution in [1.82, 2.24) is 9.55 Å². The van der Waals surface area contributed by atoms with Crippen molar-refractivity contribution in [1.29, 1.82) is 0 Å². The molecule has 0 aromatic carbocycles. The van der Waals surface area contributed by atoms with E-state index in [0.717, 1.165) is 35.9 Å². The number of rotatable bonds is 9. The van der Waals surface area contributed by atoms with Crippen LogP contribution in [-0.4, -0.2) is 33.0 Å². The van der Waals surface area contributed by atoms with E-state index < -0.39 is 0 Å². The molecule has 1 heterocycles. The van der Waals surface area contributed by atoms with Gasteiger partial charge in [0.25, 0.3) is 0 Å². The average molecular weight is 286 g/mol. The summed E-state index contributed by atoms with van der Waals surface area (Å²) in [5, 5.41) is 9.98. The second-order valence-electron chi connectivity index (χ2n) is 4.21. The zero-order valence-electron chi connectivity index (χ0n) is 11.6. The predicted octanol–water partition coefficient (Wildman–Crippen LogP) is 2.13. The molecule has 5 nitrogen and oxygen atoms in total. The van der Waals surface area contributed by atoms with Crippen molar-refractivity contribution < 1.29 is 14.6 Å². The Balaban J connectivity index is 2.10. The first-order chi connectivity index (χ1) is 9.19. The van der Waals surface area contributed by atoms with Gasteiger partial charge >= 0.3 is 5.97 Å². The summed E-state index contributed by atoms with van der Waals surface area (Å²) in [5.41, 5.74) is 0.824. The normalized spacial score (nSPS) is 10.7. The van der Waals surface area contributed by atoms with Crippen molar-refractivity contribution in [3.05, 3.63) is 11.9 Å². The van der Waals surface area contributed by atoms with Gasteiger partial charge in [0.05, 0.1) is 25.1 Å². The van der Waals surface area contributed by atoms with Crippen LogP contribution in [0.5, 0.6) is 0 Å². The van der Waals surface area contributed by atoms with Crippen LogP contribution >= 0.6 is 11.8 Å². The summed E-state index contributed by atoms with van der Waals surface area (Å²) in [7, 11) is 1.90. The Morgan fingerprint density at radius 1 is 1.47 bits per heavy atom. The van der Waals surface area contributed by atoms with Crippen molar-refractivity contribution in [2.45, 2.75) is 44.4 Å². The number of aromatic nitrogens is 2. The fourth-order valence-corrected chi connectivity index (χ4v) is 2.62. The lowest BCUT2D eigenvalue weighted by molar-refractivity contribution is -0.143. The number of esters is 1. The lowest BCUT2D eigenvalue weighted by Crippen LogP contribution is -2.03. The summed E-state index contributed by atoms with van der Waals surface area (Å²) >= 11 is 1.68. The topological polar surface area (TPSA) is 64.3 Å². The van der Waals surface area contributed by atoms with Gasteiger partial charge < -0.3 is 14.4 Å². The molecule has 1 aromatic heterocycles. The van der Waals surface area contributed by atoms with E-state index in [-0.39, 0.29) is 12.6 Å². The van der Waals surface area contributed by atoms with E-state index in [1.807, 2.05) is 18.5 Å². The maximum atomic E-state index is 11.1. The van der Waals surface area contributed by atoms with Gasteiger partial charge in [-0.3, -0.25) is 4.79 Å². The van der Waals surface area contributed by atoms with Gasteiger partial charge in [0, 0.05) is 19.2 Å². The summed E-state index contributed by atoms with van der Waals surface area (Å²) in [4.78, 5) is 15.4. The van der Waals surface area contributed by atoms with Crippen molar-refractivity contribution >= 4 is 17.7 Å². The minimum atomic E-state index is -0.105. The molecule has 0 aliphatic carbocycles. The van der Waals surface area contributed by atoms with E-state index in [1.54, 1.807) is 18.0 Å². The van der Waals surface area contributed by atoms with Crippen LogP contribution in [0.15, 0.2) is 11.4 Å². The molecule has 1 rings (SSSR count). The lowest BCUT2D eigenvalue weighted by Gasteiger charge is -2.04. The summed E-state index contributed by atoms with van der Waals surface area (Å²) in [6.07, 6.45) is 5.15. The smallest absolute Gasteiger partial charge is 0.305 e. The molecule has 0 amide bonds. The van der Waals surface area contributed by atoms with Crippen LogP contribution in [0.25, 0.3) is 0 Å². The third kappa shape index (κ3) is 5.65. The van der Waals surface area contributed by atoms with Gasteiger partial charge in [0.2, 0.25) is 0 Å². The molecule has 0 spiro atoms. The van der Waals surface area contributed by atoms with Crippen molar-refractivity contribution in [3.63, 3.8) is 0 Å². The van der Waals surface area contributed by atoms with Gasteiger partial charge in [0.1, 0.15) is 0 Å². The van der Waals surface area contributed by atoms with Crippen LogP contribution in [0, 0.1) is 0 Å². The minimum absolute atomic E-state index is 0.0175. The van der Waals surface area contributed by atoms with E-state index in [4.69, 9.17) is 9.84 Å². The Labute approximate surface area is 118 Å². The quantitative estimate of drug-likeness (QED) is 0.428. The zero-order valence-corrected chi connectivity index (χ0v) is 12.4. The second kappa shape index (κ2) is 8.98. The van der Waals surface area contributed by atoms with Gasteiger partial charge in [-0.05, 0) is 19.8 Å². The number of aliphatic hydroxyl groups excluding tert-OH is 1. The number of aliphatic hydroxyl groups is 1. The van der Waals surface area contributed by atoms with Crippen LogP contribution in [-0.2, 0) is 23.2 Å². The Morgan fingerprint density at radius 2 is 2.26 bits per heavy atom. The number of thioether (sulfide) groups is 1. The first-order valence-electron chi connectivity index (χ1n) is 6.59. The minimum Gasteiger partial charge on any atom is -0.466 e. The van der Waals surface area contributed by atoms with E-state index in [0.29, 0.717) is 13.0 Å². The molecule has 0 saturated heterocycles. The van der Waals surface area contributed by atoms with E-state index in [2.05, 4.69) is 4.98 Å². The molecule has 0 bridgehead atoms. The van der Waals surface area contributed by atoms with Crippen LogP contribution in [0.3, 0.4) is 0 Å². The largest absolute Gasteiger partial charge is 0.466 e. The maximum absolute atomic E-state index is 11.1. The van der Waals surface area contributed by atoms with Crippen molar-refractivity contribution in [2.24, 2.45) is 7.05 Å².